The van der Waals surface area contributed by atoms with Crippen molar-refractivity contribution in [1.82, 2.24) is 9.97 Å². The van der Waals surface area contributed by atoms with Gasteiger partial charge in [0.05, 0.1) is 5.16 Å². The van der Waals surface area contributed by atoms with E-state index in [1.54, 1.807) is 69.8 Å². The molecule has 2 heterocycles. The van der Waals surface area contributed by atoms with E-state index >= 15 is 0 Å². The summed E-state index contributed by atoms with van der Waals surface area (Å²) in [6.07, 6.45) is 20.9. The van der Waals surface area contributed by atoms with E-state index in [0.29, 0.717) is 0 Å². The van der Waals surface area contributed by atoms with Gasteiger partial charge in [0.1, 0.15) is 0 Å². The van der Waals surface area contributed by atoms with Crippen LogP contribution < -0.4 is 0 Å². The molecule has 1 unspecified atom stereocenters. The van der Waals surface area contributed by atoms with Crippen LogP contribution in [0.15, 0.2) is 122 Å². The molecule has 8 aliphatic rings. The molecule has 0 N–H and O–H groups in total. The summed E-state index contributed by atoms with van der Waals surface area (Å²) in [5.74, 6) is 8.36. The van der Waals surface area contributed by atoms with Crippen molar-refractivity contribution < 1.29 is 17.1 Å². The first-order valence-electron chi connectivity index (χ1n) is 20.5. The fraction of sp³-hybridized carbons (Fsp3) is 0.458. The van der Waals surface area contributed by atoms with E-state index in [4.69, 9.17) is 9.97 Å². The molecular weight excluding hydrogens is 722 g/mol. The summed E-state index contributed by atoms with van der Waals surface area (Å²) in [6.45, 7) is 0. The van der Waals surface area contributed by atoms with Gasteiger partial charge >= 0.3 is 0 Å². The fourth-order valence-electron chi connectivity index (χ4n) is 13.3. The molecule has 1 atom stereocenters. The topological polar surface area (TPSA) is 25.8 Å². The van der Waals surface area contributed by atoms with Crippen molar-refractivity contribution in [3.8, 4) is 11.1 Å². The minimum atomic E-state index is -0.420. The Hall–Kier alpha value is -2.40. The quantitative estimate of drug-likeness (QED) is 0.0891. The van der Waals surface area contributed by atoms with Gasteiger partial charge in [0.2, 0.25) is 0 Å². The van der Waals surface area contributed by atoms with E-state index < -0.39 is 5.16 Å². The van der Waals surface area contributed by atoms with Crippen molar-refractivity contribution in [2.45, 2.75) is 86.8 Å². The Morgan fingerprint density at radius 3 is 1.53 bits per heavy atom. The molecule has 0 radical (unpaired) electrons. The molecule has 3 aromatic carbocycles. The molecule has 0 spiro atoms. The zero-order valence-electron chi connectivity index (χ0n) is 30.9. The number of benzene rings is 1. The second kappa shape index (κ2) is 15.3. The van der Waals surface area contributed by atoms with Gasteiger partial charge in [-0.15, -0.1) is 20.9 Å². The molecule has 0 amide bonds. The van der Waals surface area contributed by atoms with Crippen molar-refractivity contribution in [3.05, 3.63) is 144 Å². The van der Waals surface area contributed by atoms with E-state index in [1.807, 2.05) is 30.6 Å². The van der Waals surface area contributed by atoms with Crippen molar-refractivity contribution in [3.63, 3.8) is 0 Å². The van der Waals surface area contributed by atoms with Gasteiger partial charge in [-0.05, 0) is 153 Å². The van der Waals surface area contributed by atoms with E-state index in [9.17, 15) is 0 Å². The van der Waals surface area contributed by atoms with Gasteiger partial charge in [-0.2, -0.15) is 23.8 Å². The standard InChI is InChI=1S/C37H45N2P2.C11H9.Fe/c40-37(33-8-1-3-10-38-33,34-9-2-4-11-39-34)32-7-5-6-27(32)22-41(35-28-14-23-12-24(16-28)17-29(35)15-23)36-30-18-25-13-26(20-30)21-31(36)19-25;1-2-6-10(7-3-1)11-8-4-5-9-11;/h1-11,23-26,28-31,35-36H,12-22,40H2;1-9H;/q-1;-5;. The summed E-state index contributed by atoms with van der Waals surface area (Å²) >= 11 is 0. The predicted octanol–water partition coefficient (Wildman–Crippen LogP) is 12.1. The molecule has 280 valence electrons. The third kappa shape index (κ3) is 6.80. The van der Waals surface area contributed by atoms with Gasteiger partial charge in [-0.25, -0.2) is 12.1 Å². The molecule has 8 saturated carbocycles. The van der Waals surface area contributed by atoms with E-state index in [0.717, 1.165) is 70.0 Å². The number of rotatable bonds is 8. The van der Waals surface area contributed by atoms with Crippen LogP contribution in [0.5, 0.6) is 0 Å². The summed E-state index contributed by atoms with van der Waals surface area (Å²) in [7, 11) is 3.19. The summed E-state index contributed by atoms with van der Waals surface area (Å²) < 4.78 is 0. The molecular formula is C48H54FeN2P2-6. The molecule has 8 fully saturated rings. The SMILES string of the molecule is PC(c1ccccn1)(c1ccccn1)[c-]1cccc1CP(C1C2CC3CC(C2)CC1C3)C1C2CC3CC(C2)CC1C3.[Fe].c1ccc(-[c-]2[cH-][cH-][cH-][cH-]2)cc1. The van der Waals surface area contributed by atoms with Gasteiger partial charge < -0.3 is 47.5 Å². The predicted molar refractivity (Wildman–Crippen MR) is 220 cm³/mol. The molecule has 8 aliphatic carbocycles. The van der Waals surface area contributed by atoms with Crippen molar-refractivity contribution in [2.75, 3.05) is 0 Å². The van der Waals surface area contributed by atoms with Gasteiger partial charge in [0.25, 0.3) is 0 Å². The second-order valence-electron chi connectivity index (χ2n) is 17.8. The first-order chi connectivity index (χ1) is 25.6. The fourth-order valence-corrected chi connectivity index (χ4v) is 18.5. The van der Waals surface area contributed by atoms with Gasteiger partial charge in [0.15, 0.2) is 0 Å². The van der Waals surface area contributed by atoms with Crippen LogP contribution in [-0.4, -0.2) is 21.3 Å². The van der Waals surface area contributed by atoms with Crippen LogP contribution in [0.25, 0.3) is 11.1 Å². The largest absolute Gasteiger partial charge is 0.642 e. The number of nitrogens with zero attached hydrogens (tertiary/aromatic N) is 2. The minimum absolute atomic E-state index is 0. The molecule has 0 aliphatic heterocycles. The van der Waals surface area contributed by atoms with E-state index in [-0.39, 0.29) is 25.0 Å². The number of hydrogen-bond donors (Lipinski definition) is 0. The van der Waals surface area contributed by atoms with E-state index in [1.165, 1.54) is 22.9 Å². The smallest absolute Gasteiger partial charge is 0.0500 e. The summed E-state index contributed by atoms with van der Waals surface area (Å²) in [5.41, 5.74) is 9.83. The Balaban J connectivity index is 0.000000267. The molecule has 13 rings (SSSR count). The normalized spacial score (nSPS) is 32.5. The molecule has 53 heavy (non-hydrogen) atoms. The third-order valence-corrected chi connectivity index (χ3v) is 19.5. The van der Waals surface area contributed by atoms with Crippen LogP contribution in [0.4, 0.5) is 0 Å². The van der Waals surface area contributed by atoms with Crippen LogP contribution in [-0.2, 0) is 28.4 Å². The minimum Gasteiger partial charge on any atom is -0.642 e. The van der Waals surface area contributed by atoms with Gasteiger partial charge in [-0.3, -0.25) is 9.97 Å². The van der Waals surface area contributed by atoms with Crippen molar-refractivity contribution in [1.29, 1.82) is 0 Å². The Morgan fingerprint density at radius 1 is 0.604 bits per heavy atom. The Kier molecular flexibility index (Phi) is 10.4. The summed E-state index contributed by atoms with van der Waals surface area (Å²) in [4.78, 5) is 9.89. The zero-order valence-corrected chi connectivity index (χ0v) is 34.0. The average molecular weight is 777 g/mol. The first kappa shape index (κ1) is 36.3. The molecule has 5 aromatic rings. The van der Waals surface area contributed by atoms with Gasteiger partial charge in [-0.1, -0.05) is 20.1 Å². The molecule has 5 heteroatoms. The van der Waals surface area contributed by atoms with Crippen LogP contribution in [0.2, 0.25) is 0 Å². The number of aromatic nitrogens is 2. The van der Waals surface area contributed by atoms with Crippen molar-refractivity contribution >= 4 is 17.2 Å². The maximum Gasteiger partial charge on any atom is 0.0500 e. The number of hydrogen-bond acceptors (Lipinski definition) is 2. The third-order valence-electron chi connectivity index (χ3n) is 14.7. The first-order valence-corrected chi connectivity index (χ1v) is 22.7. The maximum atomic E-state index is 4.95. The van der Waals surface area contributed by atoms with Crippen LogP contribution in [0, 0.1) is 47.3 Å². The van der Waals surface area contributed by atoms with Crippen LogP contribution in [0.3, 0.4) is 0 Å². The molecule has 2 aromatic heterocycles. The average Bonchev–Trinajstić information content (AvgIpc) is 3.89. The molecule has 8 bridgehead atoms. The maximum absolute atomic E-state index is 4.95. The summed E-state index contributed by atoms with van der Waals surface area (Å²) in [6, 6.07) is 38.8. The second-order valence-corrected chi connectivity index (χ2v) is 21.2. The Bertz CT molecular complexity index is 1780. The van der Waals surface area contributed by atoms with E-state index in [2.05, 4.69) is 100 Å². The zero-order chi connectivity index (χ0) is 34.6. The number of pyridine rings is 2. The Morgan fingerprint density at radius 2 is 1.08 bits per heavy atom. The Labute approximate surface area is 332 Å². The monoisotopic (exact) mass is 776 g/mol. The summed E-state index contributed by atoms with van der Waals surface area (Å²) in [5, 5.41) is -0.420. The van der Waals surface area contributed by atoms with Crippen LogP contribution >= 0.6 is 17.2 Å². The van der Waals surface area contributed by atoms with Crippen LogP contribution in [0.1, 0.15) is 86.7 Å². The van der Waals surface area contributed by atoms with Crippen molar-refractivity contribution in [2.24, 2.45) is 47.3 Å². The molecule has 0 saturated heterocycles. The van der Waals surface area contributed by atoms with Gasteiger partial charge in [0, 0.05) is 40.9 Å². The molecule has 2 nitrogen and oxygen atoms in total.